The minimum absolute atomic E-state index is 0.0209. The van der Waals surface area contributed by atoms with E-state index in [9.17, 15) is 9.90 Å². The van der Waals surface area contributed by atoms with E-state index >= 15 is 0 Å². The molecular formula is C11H13ClO2. The molecule has 0 spiro atoms. The molecule has 0 aliphatic rings. The molecule has 0 heterocycles. The predicted molar refractivity (Wildman–Crippen MR) is 56.3 cm³/mol. The molecule has 14 heavy (non-hydrogen) atoms. The monoisotopic (exact) mass is 212 g/mol. The van der Waals surface area contributed by atoms with E-state index in [2.05, 4.69) is 0 Å². The predicted octanol–water partition coefficient (Wildman–Crippen LogP) is 2.60. The fourth-order valence-corrected chi connectivity index (χ4v) is 1.30. The lowest BCUT2D eigenvalue weighted by Gasteiger charge is -2.16. The number of ketones is 1. The van der Waals surface area contributed by atoms with Crippen molar-refractivity contribution in [2.75, 3.05) is 0 Å². The number of benzene rings is 1. The first-order chi connectivity index (χ1) is 6.52. The third-order valence-electron chi connectivity index (χ3n) is 2.33. The highest BCUT2D eigenvalue weighted by atomic mass is 35.5. The van der Waals surface area contributed by atoms with Gasteiger partial charge < -0.3 is 5.11 Å². The van der Waals surface area contributed by atoms with Crippen LogP contribution in [0.3, 0.4) is 0 Å². The molecule has 1 aromatic rings. The summed E-state index contributed by atoms with van der Waals surface area (Å²) in [4.78, 5) is 11.0. The van der Waals surface area contributed by atoms with Gasteiger partial charge in [-0.15, -0.1) is 0 Å². The van der Waals surface area contributed by atoms with E-state index in [1.54, 1.807) is 31.2 Å². The van der Waals surface area contributed by atoms with Crippen molar-refractivity contribution in [2.45, 2.75) is 20.0 Å². The number of Topliss-reactive ketones (excluding diaryl/α,β-unsaturated/α-hetero) is 1. The Balaban J connectivity index is 2.84. The van der Waals surface area contributed by atoms with Gasteiger partial charge in [0.15, 0.2) is 0 Å². The van der Waals surface area contributed by atoms with Crippen molar-refractivity contribution in [2.24, 2.45) is 5.92 Å². The minimum atomic E-state index is -0.746. The normalized spacial score (nSPS) is 14.9. The molecule has 1 N–H and O–H groups in total. The number of hydrogen-bond donors (Lipinski definition) is 1. The zero-order valence-corrected chi connectivity index (χ0v) is 8.95. The van der Waals surface area contributed by atoms with E-state index in [4.69, 9.17) is 11.6 Å². The third kappa shape index (κ3) is 2.56. The molecule has 0 aliphatic carbocycles. The Bertz CT molecular complexity index is 319. The molecule has 0 unspecified atom stereocenters. The van der Waals surface area contributed by atoms with E-state index in [-0.39, 0.29) is 11.7 Å². The second-order valence-electron chi connectivity index (χ2n) is 3.40. The van der Waals surface area contributed by atoms with Crippen LogP contribution in [0.15, 0.2) is 24.3 Å². The Labute approximate surface area is 88.5 Å². The van der Waals surface area contributed by atoms with Crippen LogP contribution in [0.4, 0.5) is 0 Å². The maximum atomic E-state index is 11.0. The van der Waals surface area contributed by atoms with E-state index in [1.807, 2.05) is 0 Å². The Morgan fingerprint density at radius 3 is 2.29 bits per heavy atom. The molecule has 0 aliphatic heterocycles. The summed E-state index contributed by atoms with van der Waals surface area (Å²) >= 11 is 5.71. The molecule has 0 radical (unpaired) electrons. The van der Waals surface area contributed by atoms with E-state index in [1.165, 1.54) is 6.92 Å². The number of aliphatic hydroxyl groups is 1. The van der Waals surface area contributed by atoms with Crippen molar-refractivity contribution in [3.05, 3.63) is 34.9 Å². The summed E-state index contributed by atoms with van der Waals surface area (Å²) in [6.45, 7) is 3.19. The SMILES string of the molecule is CC(=O)[C@@H](C)[C@H](O)c1ccc(Cl)cc1. The van der Waals surface area contributed by atoms with Gasteiger partial charge in [-0.2, -0.15) is 0 Å². The Morgan fingerprint density at radius 2 is 1.86 bits per heavy atom. The van der Waals surface area contributed by atoms with Crippen molar-refractivity contribution in [1.82, 2.24) is 0 Å². The summed E-state index contributed by atoms with van der Waals surface area (Å²) in [5.41, 5.74) is 0.720. The standard InChI is InChI=1S/C11H13ClO2/c1-7(8(2)13)11(14)9-3-5-10(12)6-4-9/h3-7,11,14H,1-2H3/t7-,11+/m1/s1. The van der Waals surface area contributed by atoms with Gasteiger partial charge in [-0.1, -0.05) is 30.7 Å². The highest BCUT2D eigenvalue weighted by Crippen LogP contribution is 2.23. The molecule has 0 aromatic heterocycles. The lowest BCUT2D eigenvalue weighted by molar-refractivity contribution is -0.123. The summed E-state index contributed by atoms with van der Waals surface area (Å²) in [6.07, 6.45) is -0.746. The van der Waals surface area contributed by atoms with E-state index in [0.717, 1.165) is 5.56 Å². The summed E-state index contributed by atoms with van der Waals surface area (Å²) in [5, 5.41) is 10.4. The van der Waals surface area contributed by atoms with Crippen LogP contribution in [0.5, 0.6) is 0 Å². The first kappa shape index (κ1) is 11.2. The maximum absolute atomic E-state index is 11.0. The fraction of sp³-hybridized carbons (Fsp3) is 0.364. The van der Waals surface area contributed by atoms with Crippen molar-refractivity contribution in [1.29, 1.82) is 0 Å². The van der Waals surface area contributed by atoms with Crippen LogP contribution in [0.1, 0.15) is 25.5 Å². The van der Waals surface area contributed by atoms with Crippen LogP contribution in [0.25, 0.3) is 0 Å². The third-order valence-corrected chi connectivity index (χ3v) is 2.58. The summed E-state index contributed by atoms with van der Waals surface area (Å²) < 4.78 is 0. The molecule has 0 fully saturated rings. The topological polar surface area (TPSA) is 37.3 Å². The zero-order chi connectivity index (χ0) is 10.7. The summed E-state index contributed by atoms with van der Waals surface area (Å²) in [7, 11) is 0. The summed E-state index contributed by atoms with van der Waals surface area (Å²) in [6, 6.07) is 6.86. The first-order valence-corrected chi connectivity index (χ1v) is 4.84. The molecule has 0 amide bonds. The molecule has 76 valence electrons. The summed E-state index contributed by atoms with van der Waals surface area (Å²) in [5.74, 6) is -0.399. The quantitative estimate of drug-likeness (QED) is 0.836. The number of halogens is 1. The Morgan fingerprint density at radius 1 is 1.36 bits per heavy atom. The fourth-order valence-electron chi connectivity index (χ4n) is 1.17. The zero-order valence-electron chi connectivity index (χ0n) is 8.20. The van der Waals surface area contributed by atoms with Gasteiger partial charge in [0.2, 0.25) is 0 Å². The van der Waals surface area contributed by atoms with Gasteiger partial charge in [-0.3, -0.25) is 4.79 Å². The second-order valence-corrected chi connectivity index (χ2v) is 3.83. The average molecular weight is 213 g/mol. The number of aliphatic hydroxyl groups excluding tert-OH is 1. The van der Waals surface area contributed by atoms with E-state index < -0.39 is 6.10 Å². The van der Waals surface area contributed by atoms with Crippen LogP contribution < -0.4 is 0 Å². The lowest BCUT2D eigenvalue weighted by atomic mass is 9.94. The number of carbonyl (C=O) groups excluding carboxylic acids is 1. The van der Waals surface area contributed by atoms with Crippen LogP contribution in [0.2, 0.25) is 5.02 Å². The van der Waals surface area contributed by atoms with E-state index in [0.29, 0.717) is 5.02 Å². The molecular weight excluding hydrogens is 200 g/mol. The smallest absolute Gasteiger partial charge is 0.135 e. The Hall–Kier alpha value is -0.860. The minimum Gasteiger partial charge on any atom is -0.388 e. The molecule has 0 saturated carbocycles. The number of hydrogen-bond acceptors (Lipinski definition) is 2. The molecule has 2 atom stereocenters. The number of carbonyl (C=O) groups is 1. The van der Waals surface area contributed by atoms with Crippen LogP contribution >= 0.6 is 11.6 Å². The molecule has 1 rings (SSSR count). The van der Waals surface area contributed by atoms with Gasteiger partial charge in [0.1, 0.15) is 5.78 Å². The van der Waals surface area contributed by atoms with Gasteiger partial charge in [-0.05, 0) is 24.6 Å². The molecule has 0 bridgehead atoms. The highest BCUT2D eigenvalue weighted by Gasteiger charge is 2.19. The molecule has 3 heteroatoms. The van der Waals surface area contributed by atoms with Gasteiger partial charge >= 0.3 is 0 Å². The maximum Gasteiger partial charge on any atom is 0.135 e. The van der Waals surface area contributed by atoms with Crippen LogP contribution in [0, 0.1) is 5.92 Å². The van der Waals surface area contributed by atoms with Crippen molar-refractivity contribution >= 4 is 17.4 Å². The van der Waals surface area contributed by atoms with Crippen molar-refractivity contribution < 1.29 is 9.90 Å². The number of rotatable bonds is 3. The van der Waals surface area contributed by atoms with Crippen molar-refractivity contribution in [3.63, 3.8) is 0 Å². The van der Waals surface area contributed by atoms with Gasteiger partial charge in [0.25, 0.3) is 0 Å². The lowest BCUT2D eigenvalue weighted by Crippen LogP contribution is -2.16. The molecule has 2 nitrogen and oxygen atoms in total. The highest BCUT2D eigenvalue weighted by molar-refractivity contribution is 6.30. The average Bonchev–Trinajstić information content (AvgIpc) is 2.16. The van der Waals surface area contributed by atoms with Gasteiger partial charge in [-0.25, -0.2) is 0 Å². The molecule has 1 aromatic carbocycles. The van der Waals surface area contributed by atoms with Crippen LogP contribution in [-0.2, 0) is 4.79 Å². The second kappa shape index (κ2) is 4.58. The van der Waals surface area contributed by atoms with Gasteiger partial charge in [0.05, 0.1) is 6.10 Å². The first-order valence-electron chi connectivity index (χ1n) is 4.46. The van der Waals surface area contributed by atoms with Crippen molar-refractivity contribution in [3.8, 4) is 0 Å². The molecule has 0 saturated heterocycles. The largest absolute Gasteiger partial charge is 0.388 e. The van der Waals surface area contributed by atoms with Crippen LogP contribution in [-0.4, -0.2) is 10.9 Å². The van der Waals surface area contributed by atoms with Gasteiger partial charge in [0, 0.05) is 10.9 Å². The Kier molecular flexibility index (Phi) is 3.67.